The number of benzene rings is 1. The number of amides is 1. The summed E-state index contributed by atoms with van der Waals surface area (Å²) >= 11 is 0. The van der Waals surface area contributed by atoms with Gasteiger partial charge in [0.25, 0.3) is 5.91 Å². The second kappa shape index (κ2) is 4.87. The van der Waals surface area contributed by atoms with Crippen LogP contribution in [0.1, 0.15) is 17.7 Å². The molecule has 0 aliphatic carbocycles. The molecule has 3 heterocycles. The van der Waals surface area contributed by atoms with E-state index in [1.807, 2.05) is 12.1 Å². The van der Waals surface area contributed by atoms with Crippen molar-refractivity contribution in [2.45, 2.75) is 12.1 Å². The molecule has 116 valence electrons. The summed E-state index contributed by atoms with van der Waals surface area (Å²) in [5, 5.41) is 11.2. The van der Waals surface area contributed by atoms with Gasteiger partial charge in [0.2, 0.25) is 5.66 Å². The van der Waals surface area contributed by atoms with Gasteiger partial charge in [0, 0.05) is 17.7 Å². The van der Waals surface area contributed by atoms with Gasteiger partial charge in [0.15, 0.2) is 5.84 Å². The van der Waals surface area contributed by atoms with Crippen LogP contribution in [0, 0.1) is 0 Å². The molecule has 1 aromatic heterocycles. The minimum absolute atomic E-state index is 0.281. The molecular weight excluding hydrogens is 296 g/mol. The van der Waals surface area contributed by atoms with Crippen LogP contribution in [0.15, 0.2) is 57.3 Å². The van der Waals surface area contributed by atoms with Gasteiger partial charge < -0.3 is 15.5 Å². The number of hydrogen-bond donors (Lipinski definition) is 4. The molecule has 0 saturated heterocycles. The molecule has 1 spiro atoms. The summed E-state index contributed by atoms with van der Waals surface area (Å²) in [5.41, 5.74) is 12.3. The van der Waals surface area contributed by atoms with E-state index in [9.17, 15) is 4.79 Å². The minimum Gasteiger partial charge on any atom is -0.463 e. The minimum atomic E-state index is -1.12. The third-order valence-corrected chi connectivity index (χ3v) is 3.81. The lowest BCUT2D eigenvalue weighted by Crippen LogP contribution is -2.65. The van der Waals surface area contributed by atoms with E-state index >= 15 is 0 Å². The Morgan fingerprint density at radius 2 is 1.96 bits per heavy atom. The first-order valence-corrected chi connectivity index (χ1v) is 7.07. The van der Waals surface area contributed by atoms with Gasteiger partial charge in [-0.15, -0.1) is 0 Å². The molecule has 2 aromatic rings. The molecule has 1 amide bonds. The smallest absolute Gasteiger partial charge is 0.275 e. The van der Waals surface area contributed by atoms with Crippen molar-refractivity contribution < 1.29 is 9.21 Å². The number of furan rings is 1. The summed E-state index contributed by atoms with van der Waals surface area (Å²) < 4.78 is 5.31. The molecule has 2 aliphatic heterocycles. The number of carbonyl (C=O) groups excluding carboxylic acids is 1. The van der Waals surface area contributed by atoms with Crippen LogP contribution in [0.5, 0.6) is 0 Å². The van der Waals surface area contributed by atoms with E-state index in [-0.39, 0.29) is 5.91 Å². The highest BCUT2D eigenvalue weighted by Crippen LogP contribution is 2.22. The van der Waals surface area contributed by atoms with Gasteiger partial charge in [-0.2, -0.15) is 10.2 Å². The highest BCUT2D eigenvalue weighted by molar-refractivity contribution is 6.15. The fraction of sp³-hybridized carbons (Fsp3) is 0.133. The zero-order valence-electron chi connectivity index (χ0n) is 12.0. The average molecular weight is 310 g/mol. The van der Waals surface area contributed by atoms with E-state index in [0.717, 1.165) is 0 Å². The Hall–Kier alpha value is -3.29. The molecule has 23 heavy (non-hydrogen) atoms. The van der Waals surface area contributed by atoms with E-state index in [0.29, 0.717) is 35.0 Å². The van der Waals surface area contributed by atoms with Crippen LogP contribution >= 0.6 is 0 Å². The average Bonchev–Trinajstić information content (AvgIpc) is 3.21. The third-order valence-electron chi connectivity index (χ3n) is 3.81. The zero-order chi connectivity index (χ0) is 15.9. The van der Waals surface area contributed by atoms with Crippen LogP contribution in [-0.2, 0) is 4.79 Å². The second-order valence-corrected chi connectivity index (χ2v) is 5.34. The summed E-state index contributed by atoms with van der Waals surface area (Å²) in [6, 6.07) is 10.8. The van der Waals surface area contributed by atoms with E-state index in [1.165, 1.54) is 0 Å². The Labute approximate surface area is 131 Å². The summed E-state index contributed by atoms with van der Waals surface area (Å²) in [4.78, 5) is 12.6. The van der Waals surface area contributed by atoms with Crippen molar-refractivity contribution >= 4 is 23.1 Å². The Balaban J connectivity index is 1.59. The predicted molar refractivity (Wildman–Crippen MR) is 84.4 cm³/mol. The first-order chi connectivity index (χ1) is 11.2. The summed E-state index contributed by atoms with van der Waals surface area (Å²) in [5.74, 6) is 0.717. The lowest BCUT2D eigenvalue weighted by molar-refractivity contribution is -0.127. The zero-order valence-corrected chi connectivity index (χ0v) is 12.0. The predicted octanol–water partition coefficient (Wildman–Crippen LogP) is 0.337. The molecule has 8 nitrogen and oxygen atoms in total. The van der Waals surface area contributed by atoms with Crippen LogP contribution in [-0.4, -0.2) is 23.1 Å². The molecule has 0 radical (unpaired) electrons. The Bertz CT molecular complexity index is 826. The van der Waals surface area contributed by atoms with E-state index in [1.54, 1.807) is 30.5 Å². The molecule has 1 atom stereocenters. The molecule has 0 saturated carbocycles. The molecule has 8 heteroatoms. The summed E-state index contributed by atoms with van der Waals surface area (Å²) in [6.45, 7) is 0. The maximum atomic E-state index is 12.6. The number of amidine groups is 1. The fourth-order valence-corrected chi connectivity index (χ4v) is 2.56. The van der Waals surface area contributed by atoms with E-state index < -0.39 is 5.66 Å². The Morgan fingerprint density at radius 1 is 1.13 bits per heavy atom. The number of nitrogens with one attached hydrogen (secondary N) is 3. The number of para-hydroxylation sites is 1. The molecule has 0 fully saturated rings. The van der Waals surface area contributed by atoms with Gasteiger partial charge >= 0.3 is 0 Å². The standard InChI is InChI=1S/C15H14N6O2/c16-10-5-2-1-4-9(10)13-17-14(22)15(21-19-13)8-11(18-20-15)12-6-3-7-23-12/h1-7,20-21H,8,16H2,(H,17,19,22)/t15-/m1/s1. The van der Waals surface area contributed by atoms with Crippen molar-refractivity contribution in [3.63, 3.8) is 0 Å². The lowest BCUT2D eigenvalue weighted by atomic mass is 10.0. The Morgan fingerprint density at radius 3 is 2.70 bits per heavy atom. The number of nitrogens with zero attached hydrogens (tertiary/aromatic N) is 2. The normalized spacial score (nSPS) is 22.9. The number of nitrogens with two attached hydrogens (primary N) is 1. The maximum Gasteiger partial charge on any atom is 0.275 e. The van der Waals surface area contributed by atoms with Gasteiger partial charge in [-0.25, -0.2) is 0 Å². The van der Waals surface area contributed by atoms with Crippen molar-refractivity contribution in [1.29, 1.82) is 0 Å². The van der Waals surface area contributed by atoms with Crippen molar-refractivity contribution in [3.05, 3.63) is 54.0 Å². The highest BCUT2D eigenvalue weighted by atomic mass is 16.3. The topological polar surface area (TPSA) is 117 Å². The first-order valence-electron chi connectivity index (χ1n) is 7.07. The molecule has 0 unspecified atom stereocenters. The van der Waals surface area contributed by atoms with Gasteiger partial charge in [-0.1, -0.05) is 12.1 Å². The van der Waals surface area contributed by atoms with Crippen molar-refractivity contribution in [1.82, 2.24) is 16.2 Å². The summed E-state index contributed by atoms with van der Waals surface area (Å²) in [6.07, 6.45) is 1.87. The number of hydrogen-bond acceptors (Lipinski definition) is 7. The number of anilines is 1. The lowest BCUT2D eigenvalue weighted by Gasteiger charge is -2.31. The van der Waals surface area contributed by atoms with Gasteiger partial charge in [0.05, 0.1) is 6.26 Å². The van der Waals surface area contributed by atoms with Gasteiger partial charge in [0.1, 0.15) is 11.5 Å². The van der Waals surface area contributed by atoms with Crippen molar-refractivity contribution in [2.75, 3.05) is 5.73 Å². The van der Waals surface area contributed by atoms with Crippen molar-refractivity contribution in [2.24, 2.45) is 10.2 Å². The van der Waals surface area contributed by atoms with Crippen LogP contribution in [0.2, 0.25) is 0 Å². The number of nitrogen functional groups attached to an aromatic ring is 1. The monoisotopic (exact) mass is 310 g/mol. The summed E-state index contributed by atoms with van der Waals surface area (Å²) in [7, 11) is 0. The molecule has 0 bridgehead atoms. The Kier molecular flexibility index (Phi) is 2.83. The first kappa shape index (κ1) is 13.4. The largest absolute Gasteiger partial charge is 0.463 e. The van der Waals surface area contributed by atoms with E-state index in [4.69, 9.17) is 10.2 Å². The van der Waals surface area contributed by atoms with Crippen LogP contribution < -0.4 is 21.9 Å². The second-order valence-electron chi connectivity index (χ2n) is 5.34. The van der Waals surface area contributed by atoms with Crippen LogP contribution in [0.25, 0.3) is 0 Å². The molecule has 5 N–H and O–H groups in total. The quantitative estimate of drug-likeness (QED) is 0.597. The number of hydrazone groups is 2. The van der Waals surface area contributed by atoms with Gasteiger partial charge in [-0.05, 0) is 24.3 Å². The molecule has 2 aliphatic rings. The highest BCUT2D eigenvalue weighted by Gasteiger charge is 2.47. The molecule has 1 aromatic carbocycles. The van der Waals surface area contributed by atoms with Crippen LogP contribution in [0.4, 0.5) is 5.69 Å². The molecule has 4 rings (SSSR count). The van der Waals surface area contributed by atoms with E-state index in [2.05, 4.69) is 26.4 Å². The number of rotatable bonds is 2. The SMILES string of the molecule is Nc1ccccc1C1=NN[C@]2(CC(c3ccco3)=NN2)C(=O)N1. The van der Waals surface area contributed by atoms with Crippen molar-refractivity contribution in [3.8, 4) is 0 Å². The molecular formula is C15H14N6O2. The maximum absolute atomic E-state index is 12.6. The van der Waals surface area contributed by atoms with Crippen LogP contribution in [0.3, 0.4) is 0 Å². The third kappa shape index (κ3) is 2.11. The van der Waals surface area contributed by atoms with Gasteiger partial charge in [-0.3, -0.25) is 15.6 Å². The number of carbonyl (C=O) groups is 1. The fourth-order valence-electron chi connectivity index (χ4n) is 2.56.